The zero-order valence-electron chi connectivity index (χ0n) is 17.2. The van der Waals surface area contributed by atoms with Crippen LogP contribution in [0.4, 0.5) is 18.9 Å². The van der Waals surface area contributed by atoms with Gasteiger partial charge in [0.2, 0.25) is 16.1 Å². The Hall–Kier alpha value is -3.23. The molecule has 0 saturated carbocycles. The molecule has 1 aromatic heterocycles. The van der Waals surface area contributed by atoms with E-state index in [1.807, 2.05) is 0 Å². The van der Waals surface area contributed by atoms with Gasteiger partial charge in [0.15, 0.2) is 17.5 Å². The van der Waals surface area contributed by atoms with E-state index in [0.29, 0.717) is 11.6 Å². The lowest BCUT2D eigenvalue weighted by atomic mass is 10.2. The Morgan fingerprint density at radius 1 is 1.15 bits per heavy atom. The van der Waals surface area contributed by atoms with Crippen LogP contribution >= 0.6 is 0 Å². The van der Waals surface area contributed by atoms with Crippen LogP contribution in [-0.2, 0) is 19.6 Å². The van der Waals surface area contributed by atoms with Crippen LogP contribution < -0.4 is 10.2 Å². The van der Waals surface area contributed by atoms with Crippen molar-refractivity contribution >= 4 is 32.7 Å². The van der Waals surface area contributed by atoms with Crippen LogP contribution in [0.5, 0.6) is 0 Å². The predicted octanol–water partition coefficient (Wildman–Crippen LogP) is 1.33. The molecule has 4 rings (SSSR count). The van der Waals surface area contributed by atoms with Gasteiger partial charge >= 0.3 is 0 Å². The molecule has 0 bridgehead atoms. The number of fused-ring (bicyclic) bond motifs is 1. The lowest BCUT2D eigenvalue weighted by Crippen LogP contribution is -2.40. The molecule has 176 valence electrons. The monoisotopic (exact) mass is 485 g/mol. The van der Waals surface area contributed by atoms with Crippen molar-refractivity contribution in [3.63, 3.8) is 0 Å². The van der Waals surface area contributed by atoms with Crippen molar-refractivity contribution in [2.24, 2.45) is 0 Å². The van der Waals surface area contributed by atoms with Crippen molar-refractivity contribution < 1.29 is 36.0 Å². The molecule has 1 amide bonds. The van der Waals surface area contributed by atoms with Crippen LogP contribution in [0.2, 0.25) is 0 Å². The first-order valence-corrected chi connectivity index (χ1v) is 11.2. The second-order valence-corrected chi connectivity index (χ2v) is 9.03. The van der Waals surface area contributed by atoms with E-state index in [2.05, 4.69) is 15.6 Å². The number of rotatable bonds is 6. The summed E-state index contributed by atoms with van der Waals surface area (Å²) in [5.74, 6) is -5.57. The third-order valence-corrected chi connectivity index (χ3v) is 6.81. The lowest BCUT2D eigenvalue weighted by molar-refractivity contribution is -0.127. The highest BCUT2D eigenvalue weighted by atomic mass is 32.2. The summed E-state index contributed by atoms with van der Waals surface area (Å²) in [6, 6.07) is 5.66. The molecule has 1 N–H and O–H groups in total. The van der Waals surface area contributed by atoms with Gasteiger partial charge in [-0.1, -0.05) is 4.85 Å². The van der Waals surface area contributed by atoms with Crippen LogP contribution in [0, 0.1) is 17.5 Å². The minimum absolute atomic E-state index is 0.0231. The number of anilines is 1. The predicted molar refractivity (Wildman–Crippen MR) is 108 cm³/mol. The van der Waals surface area contributed by atoms with Gasteiger partial charge in [-0.05, 0) is 42.5 Å². The Balaban J connectivity index is 1.54. The number of nitrogens with one attached hydrogen (secondary N) is 1. The van der Waals surface area contributed by atoms with Crippen LogP contribution in [0.1, 0.15) is 6.92 Å². The summed E-state index contributed by atoms with van der Waals surface area (Å²) in [5, 5.41) is 9.71. The number of hydrogen-bond acceptors (Lipinski definition) is 7. The number of sulfonamides is 1. The topological polar surface area (TPSA) is 116 Å². The zero-order chi connectivity index (χ0) is 23.8. The maximum Gasteiger partial charge on any atom is 0.268 e. The standard InChI is InChI=1S/C19H18F3N5O5S/c1-11(19(28)23-15-5-3-13(20)17(21)18(15)22)32-27-16-10-12(2-4-14(16)24-25-27)33(29,30)26-6-8-31-9-7-26/h2-5,10-11H,6-9H2,1H3,(H,23,28)/t11-/m0/s1. The molecule has 14 heteroatoms. The van der Waals surface area contributed by atoms with Crippen LogP contribution in [-0.4, -0.2) is 66.2 Å². The summed E-state index contributed by atoms with van der Waals surface area (Å²) in [6.07, 6.45) is -1.29. The van der Waals surface area contributed by atoms with Gasteiger partial charge < -0.3 is 14.9 Å². The fraction of sp³-hybridized carbons (Fsp3) is 0.316. The van der Waals surface area contributed by atoms with Crippen molar-refractivity contribution in [2.45, 2.75) is 17.9 Å². The highest BCUT2D eigenvalue weighted by Crippen LogP contribution is 2.22. The van der Waals surface area contributed by atoms with Gasteiger partial charge in [0, 0.05) is 13.1 Å². The van der Waals surface area contributed by atoms with Crippen molar-refractivity contribution in [1.82, 2.24) is 19.5 Å². The highest BCUT2D eigenvalue weighted by Gasteiger charge is 2.27. The minimum atomic E-state index is -3.80. The molecule has 1 fully saturated rings. The van der Waals surface area contributed by atoms with E-state index in [1.165, 1.54) is 29.4 Å². The molecular formula is C19H18F3N5O5S. The molecule has 33 heavy (non-hydrogen) atoms. The molecule has 3 aromatic rings. The van der Waals surface area contributed by atoms with E-state index < -0.39 is 45.2 Å². The molecule has 1 saturated heterocycles. The second-order valence-electron chi connectivity index (χ2n) is 7.09. The number of carbonyl (C=O) groups is 1. The maximum atomic E-state index is 13.8. The molecule has 0 unspecified atom stereocenters. The Kier molecular flexibility index (Phi) is 6.23. The van der Waals surface area contributed by atoms with Crippen molar-refractivity contribution in [3.05, 3.63) is 47.8 Å². The summed E-state index contributed by atoms with van der Waals surface area (Å²) in [4.78, 5) is 18.6. The molecule has 0 aliphatic carbocycles. The average molecular weight is 485 g/mol. The van der Waals surface area contributed by atoms with E-state index >= 15 is 0 Å². The number of aromatic nitrogens is 3. The highest BCUT2D eigenvalue weighted by molar-refractivity contribution is 7.89. The number of halogens is 3. The summed E-state index contributed by atoms with van der Waals surface area (Å²) in [7, 11) is -3.80. The Labute approximate surface area is 185 Å². The van der Waals surface area contributed by atoms with Gasteiger partial charge in [-0.3, -0.25) is 4.79 Å². The Morgan fingerprint density at radius 2 is 1.88 bits per heavy atom. The molecule has 0 spiro atoms. The molecule has 1 aliphatic rings. The number of benzene rings is 2. The van der Waals surface area contributed by atoms with Crippen LogP contribution in [0.3, 0.4) is 0 Å². The average Bonchev–Trinajstić information content (AvgIpc) is 3.22. The number of hydrogen-bond donors (Lipinski definition) is 1. The third-order valence-electron chi connectivity index (χ3n) is 4.91. The summed E-state index contributed by atoms with van der Waals surface area (Å²) in [6.45, 7) is 2.30. The summed E-state index contributed by atoms with van der Waals surface area (Å²) in [5.41, 5.74) is -0.102. The van der Waals surface area contributed by atoms with Crippen molar-refractivity contribution in [3.8, 4) is 0 Å². The number of nitrogens with zero attached hydrogens (tertiary/aromatic N) is 4. The molecular weight excluding hydrogens is 467 g/mol. The van der Waals surface area contributed by atoms with E-state index in [0.717, 1.165) is 10.9 Å². The van der Waals surface area contributed by atoms with Crippen LogP contribution in [0.15, 0.2) is 35.2 Å². The molecule has 1 atom stereocenters. The SMILES string of the molecule is C[C@H](On1nnc2ccc(S(=O)(=O)N3CCOCC3)cc21)C(=O)Nc1ccc(F)c(F)c1F. The van der Waals surface area contributed by atoms with Crippen molar-refractivity contribution in [1.29, 1.82) is 0 Å². The van der Waals surface area contributed by atoms with Gasteiger partial charge in [-0.25, -0.2) is 21.6 Å². The normalized spacial score (nSPS) is 16.0. The zero-order valence-corrected chi connectivity index (χ0v) is 18.0. The molecule has 2 aromatic carbocycles. The first-order chi connectivity index (χ1) is 15.7. The third kappa shape index (κ3) is 4.49. The maximum absolute atomic E-state index is 13.8. The minimum Gasteiger partial charge on any atom is -0.382 e. The molecule has 10 nitrogen and oxygen atoms in total. The number of morpholine rings is 1. The van der Waals surface area contributed by atoms with Gasteiger partial charge in [-0.2, -0.15) is 4.31 Å². The van der Waals surface area contributed by atoms with Gasteiger partial charge in [0.25, 0.3) is 5.91 Å². The van der Waals surface area contributed by atoms with Crippen LogP contribution in [0.25, 0.3) is 11.0 Å². The Morgan fingerprint density at radius 3 is 2.61 bits per heavy atom. The van der Waals surface area contributed by atoms with Gasteiger partial charge in [-0.15, -0.1) is 5.10 Å². The summed E-state index contributed by atoms with van der Waals surface area (Å²) >= 11 is 0. The largest absolute Gasteiger partial charge is 0.382 e. The summed E-state index contributed by atoms with van der Waals surface area (Å²) < 4.78 is 72.5. The van der Waals surface area contributed by atoms with E-state index in [1.54, 1.807) is 0 Å². The first kappa shape index (κ1) is 22.9. The lowest BCUT2D eigenvalue weighted by Gasteiger charge is -2.26. The molecule has 1 aliphatic heterocycles. The van der Waals surface area contributed by atoms with Gasteiger partial charge in [0.05, 0.1) is 23.8 Å². The number of carbonyl (C=O) groups excluding carboxylic acids is 1. The second kappa shape index (κ2) is 8.96. The number of ether oxygens (including phenoxy) is 1. The van der Waals surface area contributed by atoms with E-state index in [4.69, 9.17) is 9.57 Å². The fourth-order valence-electron chi connectivity index (χ4n) is 3.11. The first-order valence-electron chi connectivity index (χ1n) is 9.73. The Bertz CT molecular complexity index is 1310. The van der Waals surface area contributed by atoms with E-state index in [9.17, 15) is 26.4 Å². The van der Waals surface area contributed by atoms with Crippen molar-refractivity contribution in [2.75, 3.05) is 31.6 Å². The fourth-order valence-corrected chi connectivity index (χ4v) is 4.54. The van der Waals surface area contributed by atoms with E-state index in [-0.39, 0.29) is 36.7 Å². The number of amides is 1. The molecule has 0 radical (unpaired) electrons. The molecule has 2 heterocycles. The quantitative estimate of drug-likeness (QED) is 0.524. The smallest absolute Gasteiger partial charge is 0.268 e. The van der Waals surface area contributed by atoms with Gasteiger partial charge in [0.1, 0.15) is 11.0 Å².